The van der Waals surface area contributed by atoms with Crippen LogP contribution in [0, 0.1) is 5.82 Å². The Labute approximate surface area is 126 Å². The van der Waals surface area contributed by atoms with E-state index in [0.29, 0.717) is 0 Å². The molecule has 0 aliphatic carbocycles. The third kappa shape index (κ3) is 3.37. The van der Waals surface area contributed by atoms with E-state index in [0.717, 1.165) is 16.3 Å². The highest BCUT2D eigenvalue weighted by Gasteiger charge is 2.18. The lowest BCUT2D eigenvalue weighted by Gasteiger charge is -2.14. The van der Waals surface area contributed by atoms with E-state index in [1.165, 1.54) is 18.2 Å². The predicted molar refractivity (Wildman–Crippen MR) is 81.6 cm³/mol. The monoisotopic (exact) mass is 308 g/mol. The van der Waals surface area contributed by atoms with Crippen molar-refractivity contribution in [1.82, 2.24) is 10.3 Å². The number of hydrogen-bond donors (Lipinski definition) is 3. The van der Waals surface area contributed by atoms with Gasteiger partial charge in [-0.25, -0.2) is 9.37 Å². The molecule has 1 amide bonds. The van der Waals surface area contributed by atoms with Gasteiger partial charge in [0.15, 0.2) is 0 Å². The topological polar surface area (TPSA) is 80.0 Å². The van der Waals surface area contributed by atoms with E-state index >= 15 is 0 Å². The van der Waals surface area contributed by atoms with Gasteiger partial charge in [0, 0.05) is 11.1 Å². The normalized spacial score (nSPS) is 12.0. The second-order valence-electron chi connectivity index (χ2n) is 4.52. The fourth-order valence-corrected chi connectivity index (χ4v) is 2.74. The van der Waals surface area contributed by atoms with Crippen LogP contribution in [0.15, 0.2) is 24.4 Å². The first-order valence-corrected chi connectivity index (χ1v) is 7.39. The molecule has 1 unspecified atom stereocenters. The molecule has 1 atom stereocenters. The van der Waals surface area contributed by atoms with Crippen LogP contribution in [-0.2, 0) is 6.42 Å². The molecular formula is C14H17FN4OS. The van der Waals surface area contributed by atoms with Crippen molar-refractivity contribution in [2.24, 2.45) is 5.84 Å². The van der Waals surface area contributed by atoms with Crippen LogP contribution < -0.4 is 16.6 Å². The molecule has 0 saturated heterocycles. The number of aryl methyl sites for hydroxylation is 1. The first-order valence-electron chi connectivity index (χ1n) is 6.57. The van der Waals surface area contributed by atoms with Gasteiger partial charge in [-0.2, -0.15) is 0 Å². The summed E-state index contributed by atoms with van der Waals surface area (Å²) in [7, 11) is 0. The van der Waals surface area contributed by atoms with Crippen LogP contribution in [0.1, 0.15) is 40.1 Å². The van der Waals surface area contributed by atoms with Gasteiger partial charge in [0.1, 0.15) is 10.8 Å². The number of nitrogen functional groups attached to an aromatic ring is 1. The van der Waals surface area contributed by atoms with Crippen LogP contribution in [-0.4, -0.2) is 10.9 Å². The number of hydrogen-bond acceptors (Lipinski definition) is 5. The van der Waals surface area contributed by atoms with E-state index in [-0.39, 0.29) is 17.3 Å². The molecule has 1 heterocycles. The molecule has 0 aliphatic heterocycles. The Morgan fingerprint density at radius 3 is 2.90 bits per heavy atom. The predicted octanol–water partition coefficient (Wildman–Crippen LogP) is 2.62. The lowest BCUT2D eigenvalue weighted by Crippen LogP contribution is -2.28. The lowest BCUT2D eigenvalue weighted by molar-refractivity contribution is 0.0940. The van der Waals surface area contributed by atoms with Gasteiger partial charge in [-0.3, -0.25) is 10.6 Å². The third-order valence-corrected chi connectivity index (χ3v) is 4.36. The second-order valence-corrected chi connectivity index (χ2v) is 5.67. The summed E-state index contributed by atoms with van der Waals surface area (Å²) in [5.74, 6) is 4.30. The van der Waals surface area contributed by atoms with Crippen LogP contribution in [0.3, 0.4) is 0 Å². The Morgan fingerprint density at radius 1 is 1.52 bits per heavy atom. The molecule has 7 heteroatoms. The highest BCUT2D eigenvalue weighted by Crippen LogP contribution is 2.22. The number of aromatic nitrogens is 1. The number of thiazole rings is 1. The van der Waals surface area contributed by atoms with Gasteiger partial charge < -0.3 is 10.7 Å². The molecule has 21 heavy (non-hydrogen) atoms. The molecule has 112 valence electrons. The van der Waals surface area contributed by atoms with Gasteiger partial charge in [0.05, 0.1) is 17.3 Å². The van der Waals surface area contributed by atoms with Gasteiger partial charge in [-0.15, -0.1) is 11.3 Å². The van der Waals surface area contributed by atoms with E-state index in [9.17, 15) is 9.18 Å². The van der Waals surface area contributed by atoms with Crippen LogP contribution in [0.2, 0.25) is 0 Å². The van der Waals surface area contributed by atoms with Crippen molar-refractivity contribution in [3.8, 4) is 0 Å². The van der Waals surface area contributed by atoms with E-state index in [4.69, 9.17) is 5.84 Å². The Kier molecular flexibility index (Phi) is 4.87. The summed E-state index contributed by atoms with van der Waals surface area (Å²) in [6.45, 7) is 3.89. The summed E-state index contributed by atoms with van der Waals surface area (Å²) in [5.41, 5.74) is 2.37. The largest absolute Gasteiger partial charge is 0.343 e. The van der Waals surface area contributed by atoms with Crippen molar-refractivity contribution in [1.29, 1.82) is 0 Å². The van der Waals surface area contributed by atoms with Gasteiger partial charge >= 0.3 is 0 Å². The molecule has 2 aromatic rings. The summed E-state index contributed by atoms with van der Waals surface area (Å²) < 4.78 is 13.6. The molecule has 0 bridgehead atoms. The van der Waals surface area contributed by atoms with E-state index in [1.54, 1.807) is 17.5 Å². The van der Waals surface area contributed by atoms with Crippen LogP contribution in [0.5, 0.6) is 0 Å². The summed E-state index contributed by atoms with van der Waals surface area (Å²) >= 11 is 1.55. The summed E-state index contributed by atoms with van der Waals surface area (Å²) in [5, 5.41) is 3.62. The van der Waals surface area contributed by atoms with Crippen molar-refractivity contribution >= 4 is 22.9 Å². The summed E-state index contributed by atoms with van der Waals surface area (Å²) in [6.07, 6.45) is 2.71. The molecule has 0 fully saturated rings. The molecule has 5 nitrogen and oxygen atoms in total. The van der Waals surface area contributed by atoms with Crippen molar-refractivity contribution in [2.45, 2.75) is 26.3 Å². The number of carbonyl (C=O) groups is 1. The zero-order valence-electron chi connectivity index (χ0n) is 11.8. The molecule has 1 aromatic heterocycles. The standard InChI is InChI=1S/C14H17FN4OS/c1-3-9-7-17-14(21-9)8(2)18-13(20)10-5-4-6-11(15)12(10)19-16/h4-8,19H,3,16H2,1-2H3,(H,18,20). The average Bonchev–Trinajstić information content (AvgIpc) is 2.95. The number of para-hydroxylation sites is 1. The SMILES string of the molecule is CCc1cnc(C(C)NC(=O)c2cccc(F)c2NN)s1. The minimum absolute atomic E-state index is 0.0180. The number of rotatable bonds is 5. The molecule has 4 N–H and O–H groups in total. The van der Waals surface area contributed by atoms with E-state index in [2.05, 4.69) is 15.7 Å². The van der Waals surface area contributed by atoms with Gasteiger partial charge in [0.25, 0.3) is 5.91 Å². The number of halogens is 1. The number of nitrogens with one attached hydrogen (secondary N) is 2. The highest BCUT2D eigenvalue weighted by atomic mass is 32.1. The molecular weight excluding hydrogens is 291 g/mol. The van der Waals surface area contributed by atoms with Crippen LogP contribution >= 0.6 is 11.3 Å². The van der Waals surface area contributed by atoms with E-state index < -0.39 is 11.7 Å². The number of benzene rings is 1. The van der Waals surface area contributed by atoms with Crippen molar-refractivity contribution in [3.63, 3.8) is 0 Å². The number of hydrazine groups is 1. The number of nitrogens with two attached hydrogens (primary N) is 1. The minimum atomic E-state index is -0.569. The maximum Gasteiger partial charge on any atom is 0.254 e. The highest BCUT2D eigenvalue weighted by molar-refractivity contribution is 7.11. The zero-order chi connectivity index (χ0) is 15.4. The van der Waals surface area contributed by atoms with Crippen LogP contribution in [0.4, 0.5) is 10.1 Å². The van der Waals surface area contributed by atoms with Gasteiger partial charge in [-0.05, 0) is 25.5 Å². The number of carbonyl (C=O) groups excluding carboxylic acids is 1. The summed E-state index contributed by atoms with van der Waals surface area (Å²) in [4.78, 5) is 17.7. The summed E-state index contributed by atoms with van der Waals surface area (Å²) in [6, 6.07) is 3.97. The molecule has 0 saturated carbocycles. The first kappa shape index (κ1) is 15.4. The van der Waals surface area contributed by atoms with Crippen LogP contribution in [0.25, 0.3) is 0 Å². The van der Waals surface area contributed by atoms with Gasteiger partial charge in [-0.1, -0.05) is 13.0 Å². The Morgan fingerprint density at radius 2 is 2.29 bits per heavy atom. The zero-order valence-corrected chi connectivity index (χ0v) is 12.6. The molecule has 0 spiro atoms. The van der Waals surface area contributed by atoms with Gasteiger partial charge in [0.2, 0.25) is 0 Å². The molecule has 1 aromatic carbocycles. The lowest BCUT2D eigenvalue weighted by atomic mass is 10.1. The minimum Gasteiger partial charge on any atom is -0.343 e. The first-order chi connectivity index (χ1) is 10.1. The Bertz CT molecular complexity index is 644. The quantitative estimate of drug-likeness (QED) is 0.586. The molecule has 0 aliphatic rings. The fraction of sp³-hybridized carbons (Fsp3) is 0.286. The average molecular weight is 308 g/mol. The number of anilines is 1. The Balaban J connectivity index is 2.16. The van der Waals surface area contributed by atoms with E-state index in [1.807, 2.05) is 13.8 Å². The van der Waals surface area contributed by atoms with Crippen molar-refractivity contribution in [2.75, 3.05) is 5.43 Å². The van der Waals surface area contributed by atoms with Crippen molar-refractivity contribution in [3.05, 3.63) is 45.7 Å². The third-order valence-electron chi connectivity index (χ3n) is 3.04. The smallest absolute Gasteiger partial charge is 0.254 e. The molecule has 2 rings (SSSR count). The number of nitrogens with zero attached hydrogens (tertiary/aromatic N) is 1. The second kappa shape index (κ2) is 6.64. The molecule has 0 radical (unpaired) electrons. The fourth-order valence-electron chi connectivity index (χ4n) is 1.88. The Hall–Kier alpha value is -1.99. The maximum absolute atomic E-state index is 13.6. The maximum atomic E-state index is 13.6. The number of amides is 1. The van der Waals surface area contributed by atoms with Crippen molar-refractivity contribution < 1.29 is 9.18 Å².